The minimum Gasteiger partial charge on any atom is -0.403 e. The fourth-order valence-corrected chi connectivity index (χ4v) is 5.63. The van der Waals surface area contributed by atoms with Crippen molar-refractivity contribution < 1.29 is 18.9 Å². The Hall–Kier alpha value is -4.78. The van der Waals surface area contributed by atoms with Gasteiger partial charge >= 0.3 is 7.82 Å². The van der Waals surface area contributed by atoms with Gasteiger partial charge in [-0.05, 0) is 63.7 Å². The van der Waals surface area contributed by atoms with Crippen LogP contribution in [0.15, 0.2) is 132 Å². The highest BCUT2D eigenvalue weighted by atomic mass is 35.5. The quantitative estimate of drug-likeness (QED) is 0.127. The third-order valence-corrected chi connectivity index (χ3v) is 7.52. The lowest BCUT2D eigenvalue weighted by molar-refractivity contribution is 0.283. The van der Waals surface area contributed by atoms with Gasteiger partial charge in [0.2, 0.25) is 0 Å². The number of aromatic nitrogens is 2. The van der Waals surface area contributed by atoms with E-state index in [9.17, 15) is 19.1 Å². The van der Waals surface area contributed by atoms with Crippen molar-refractivity contribution in [3.63, 3.8) is 0 Å². The number of aromatic amines is 1. The Morgan fingerprint density at radius 3 is 1.77 bits per heavy atom. The molecule has 3 N–H and O–H groups in total. The Morgan fingerprint density at radius 1 is 0.698 bits per heavy atom. The zero-order valence-electron chi connectivity index (χ0n) is 22.5. The molecule has 0 unspecified atom stereocenters. The maximum atomic E-state index is 13.1. The summed E-state index contributed by atoms with van der Waals surface area (Å²) in [6.07, 6.45) is 0. The summed E-state index contributed by atoms with van der Waals surface area (Å²) < 4.78 is 17.1. The lowest BCUT2D eigenvalue weighted by Gasteiger charge is -2.20. The molecule has 6 aromatic rings. The fraction of sp³-hybridized carbons (Fsp3) is 0. The number of phosphoric acid groups is 1. The first kappa shape index (κ1) is 28.3. The summed E-state index contributed by atoms with van der Waals surface area (Å²) in [7, 11) is -4.96. The van der Waals surface area contributed by atoms with Crippen LogP contribution in [0.25, 0.3) is 33.4 Å². The lowest BCUT2D eigenvalue weighted by atomic mass is 9.85. The summed E-state index contributed by atoms with van der Waals surface area (Å²) in [6, 6.07) is 39.4. The van der Waals surface area contributed by atoms with Crippen LogP contribution in [0.4, 0.5) is 0 Å². The molecule has 0 fully saturated rings. The number of halogens is 1. The molecule has 43 heavy (non-hydrogen) atoms. The molecule has 0 radical (unpaired) electrons. The normalized spacial score (nSPS) is 11.3. The van der Waals surface area contributed by atoms with Gasteiger partial charge in [0.15, 0.2) is 0 Å². The molecule has 7 nitrogen and oxygen atoms in total. The van der Waals surface area contributed by atoms with E-state index in [4.69, 9.17) is 16.1 Å². The molecule has 0 saturated carbocycles. The Balaban J connectivity index is 1.68. The van der Waals surface area contributed by atoms with E-state index >= 15 is 0 Å². The van der Waals surface area contributed by atoms with Gasteiger partial charge < -0.3 is 9.51 Å². The van der Waals surface area contributed by atoms with Crippen LogP contribution in [0.1, 0.15) is 22.3 Å². The van der Waals surface area contributed by atoms with Gasteiger partial charge in [-0.2, -0.15) is 0 Å². The van der Waals surface area contributed by atoms with Gasteiger partial charge in [-0.25, -0.2) is 9.55 Å². The first-order chi connectivity index (χ1) is 20.8. The Labute approximate surface area is 252 Å². The lowest BCUT2D eigenvalue weighted by Crippen LogP contribution is -2.10. The second-order valence-corrected chi connectivity index (χ2v) is 11.3. The standard InChI is InChI=1S/C34H24ClN2O5P/c35-26-17-18-29-27(21-26)34(38)37-33(36-29)28-20-25(16-19-30(28)42-43(39,40)41)32(24-14-8-3-9-15-24)31(22-10-4-1-5-11-22)23-12-6-2-7-13-23/h1-21H,(H,36,37,38)(H2,39,40,41). The molecule has 9 heteroatoms. The molecule has 0 atom stereocenters. The van der Waals surface area contributed by atoms with Gasteiger partial charge in [0, 0.05) is 5.02 Å². The largest absolute Gasteiger partial charge is 0.524 e. The summed E-state index contributed by atoms with van der Waals surface area (Å²) in [4.78, 5) is 39.9. The van der Waals surface area contributed by atoms with Gasteiger partial charge in [0.1, 0.15) is 11.6 Å². The molecule has 0 aliphatic carbocycles. The molecule has 0 bridgehead atoms. The molecule has 212 valence electrons. The first-order valence-corrected chi connectivity index (χ1v) is 15.2. The van der Waals surface area contributed by atoms with E-state index < -0.39 is 13.4 Å². The minimum atomic E-state index is -4.96. The Kier molecular flexibility index (Phi) is 7.80. The third kappa shape index (κ3) is 6.21. The number of hydrogen-bond donors (Lipinski definition) is 3. The number of H-pyrrole nitrogens is 1. The van der Waals surface area contributed by atoms with Gasteiger partial charge in [-0.15, -0.1) is 0 Å². The third-order valence-electron chi connectivity index (χ3n) is 6.85. The number of hydrogen-bond acceptors (Lipinski definition) is 4. The smallest absolute Gasteiger partial charge is 0.403 e. The molecular weight excluding hydrogens is 583 g/mol. The highest BCUT2D eigenvalue weighted by Crippen LogP contribution is 2.44. The zero-order chi connectivity index (χ0) is 30.0. The summed E-state index contributed by atoms with van der Waals surface area (Å²) in [5.74, 6) is -0.0552. The van der Waals surface area contributed by atoms with Crippen molar-refractivity contribution in [2.24, 2.45) is 0 Å². The van der Waals surface area contributed by atoms with Crippen molar-refractivity contribution in [3.8, 4) is 17.1 Å². The van der Waals surface area contributed by atoms with Crippen LogP contribution in [0, 0.1) is 0 Å². The van der Waals surface area contributed by atoms with E-state index in [-0.39, 0.29) is 22.5 Å². The van der Waals surface area contributed by atoms with Crippen molar-refractivity contribution in [2.75, 3.05) is 0 Å². The number of phosphoric ester groups is 1. The molecule has 0 aliphatic rings. The summed E-state index contributed by atoms with van der Waals surface area (Å²) in [6.45, 7) is 0. The molecule has 5 aromatic carbocycles. The number of fused-ring (bicyclic) bond motifs is 1. The molecule has 0 aliphatic heterocycles. The highest BCUT2D eigenvalue weighted by Gasteiger charge is 2.23. The van der Waals surface area contributed by atoms with Gasteiger partial charge in [-0.3, -0.25) is 14.6 Å². The van der Waals surface area contributed by atoms with Crippen LogP contribution in [0.3, 0.4) is 0 Å². The van der Waals surface area contributed by atoms with E-state index in [0.717, 1.165) is 27.8 Å². The highest BCUT2D eigenvalue weighted by molar-refractivity contribution is 7.46. The topological polar surface area (TPSA) is 113 Å². The van der Waals surface area contributed by atoms with Gasteiger partial charge in [-0.1, -0.05) is 109 Å². The molecule has 0 saturated heterocycles. The van der Waals surface area contributed by atoms with Crippen molar-refractivity contribution in [1.29, 1.82) is 0 Å². The second-order valence-electron chi connectivity index (χ2n) is 9.72. The minimum absolute atomic E-state index is 0.0820. The Morgan fingerprint density at radius 2 is 1.23 bits per heavy atom. The van der Waals surface area contributed by atoms with Crippen LogP contribution < -0.4 is 10.1 Å². The van der Waals surface area contributed by atoms with Crippen molar-refractivity contribution in [3.05, 3.63) is 165 Å². The fourth-order valence-electron chi connectivity index (χ4n) is 5.04. The number of nitrogens with one attached hydrogen (secondary N) is 1. The monoisotopic (exact) mass is 606 g/mol. The number of rotatable bonds is 7. The van der Waals surface area contributed by atoms with E-state index in [2.05, 4.69) is 9.97 Å². The molecule has 1 aromatic heterocycles. The predicted octanol–water partition coefficient (Wildman–Crippen LogP) is 7.72. The molecule has 0 amide bonds. The van der Waals surface area contributed by atoms with E-state index in [1.165, 1.54) is 12.1 Å². The summed E-state index contributed by atoms with van der Waals surface area (Å²) in [5.41, 5.74) is 5.47. The SMILES string of the molecule is O=c1[nH]c(-c2cc(C(=C(c3ccccc3)c3ccccc3)c3ccccc3)ccc2OP(=O)(O)O)nc2ccc(Cl)cc12. The summed E-state index contributed by atoms with van der Waals surface area (Å²) in [5, 5.41) is 0.664. The van der Waals surface area contributed by atoms with Crippen LogP contribution in [0.5, 0.6) is 5.75 Å². The average molecular weight is 607 g/mol. The number of nitrogens with zero attached hydrogens (tertiary/aromatic N) is 1. The van der Waals surface area contributed by atoms with Crippen molar-refractivity contribution in [1.82, 2.24) is 9.97 Å². The van der Waals surface area contributed by atoms with E-state index in [0.29, 0.717) is 16.1 Å². The second kappa shape index (κ2) is 11.8. The first-order valence-electron chi connectivity index (χ1n) is 13.3. The number of benzene rings is 5. The van der Waals surface area contributed by atoms with Crippen LogP contribution in [0.2, 0.25) is 5.02 Å². The van der Waals surface area contributed by atoms with Gasteiger partial charge in [0.25, 0.3) is 5.56 Å². The van der Waals surface area contributed by atoms with Crippen molar-refractivity contribution in [2.45, 2.75) is 0 Å². The van der Waals surface area contributed by atoms with Crippen LogP contribution in [-0.2, 0) is 4.57 Å². The van der Waals surface area contributed by atoms with Crippen LogP contribution >= 0.6 is 19.4 Å². The molecule has 0 spiro atoms. The molecule has 6 rings (SSSR count). The van der Waals surface area contributed by atoms with E-state index in [1.807, 2.05) is 91.0 Å². The molecule has 1 heterocycles. The van der Waals surface area contributed by atoms with E-state index in [1.54, 1.807) is 24.3 Å². The predicted molar refractivity (Wildman–Crippen MR) is 170 cm³/mol. The van der Waals surface area contributed by atoms with Crippen molar-refractivity contribution >= 4 is 41.5 Å². The van der Waals surface area contributed by atoms with Gasteiger partial charge in [0.05, 0.1) is 16.5 Å². The zero-order valence-corrected chi connectivity index (χ0v) is 24.2. The average Bonchev–Trinajstić information content (AvgIpc) is 3.01. The maximum Gasteiger partial charge on any atom is 0.524 e. The van der Waals surface area contributed by atoms with Crippen LogP contribution in [-0.4, -0.2) is 19.8 Å². The Bertz CT molecular complexity index is 2030. The maximum absolute atomic E-state index is 13.1. The summed E-state index contributed by atoms with van der Waals surface area (Å²) >= 11 is 6.10. The molecular formula is C34H24ClN2O5P.